The standard InChI is InChI=1S/C37H43N7O3/c45-29-17-24-5-1-2-6-30(24)32(19-29)25-7-10-31-33(18-25)40-35(47-23-37-12-3-15-43(37)16-4-13-37)41-34(31)42-21-27-8-9-28(22-42)44(27)36(46)39-26-11-14-38-20-26/h1-2,5-7,10,17-19,26-28,38,45H,3-4,8-9,11-16,20-23H2,(H,39,46)/t26-,27?,28?/m1/s1. The van der Waals surface area contributed by atoms with Crippen molar-refractivity contribution in [1.29, 1.82) is 0 Å². The second kappa shape index (κ2) is 11.5. The van der Waals surface area contributed by atoms with E-state index < -0.39 is 0 Å². The highest BCUT2D eigenvalue weighted by Gasteiger charge is 2.46. The fraction of sp³-hybridized carbons (Fsp3) is 0.486. The summed E-state index contributed by atoms with van der Waals surface area (Å²) < 4.78 is 6.56. The molecule has 5 aliphatic rings. The molecule has 0 aliphatic carbocycles. The number of anilines is 1. The van der Waals surface area contributed by atoms with Crippen molar-refractivity contribution in [3.05, 3.63) is 54.6 Å². The Bertz CT molecular complexity index is 1820. The van der Waals surface area contributed by atoms with Crippen molar-refractivity contribution in [2.75, 3.05) is 50.8 Å². The Labute approximate surface area is 275 Å². The summed E-state index contributed by atoms with van der Waals surface area (Å²) in [7, 11) is 0. The topological polar surface area (TPSA) is 106 Å². The van der Waals surface area contributed by atoms with Gasteiger partial charge in [-0.15, -0.1) is 0 Å². The molecule has 6 heterocycles. The minimum absolute atomic E-state index is 0.0716. The van der Waals surface area contributed by atoms with Crippen LogP contribution in [0.25, 0.3) is 32.8 Å². The molecule has 2 bridgehead atoms. The number of hydrogen-bond donors (Lipinski definition) is 3. The number of amides is 2. The number of fused-ring (bicyclic) bond motifs is 5. The van der Waals surface area contributed by atoms with Gasteiger partial charge in [0.2, 0.25) is 0 Å². The van der Waals surface area contributed by atoms with Gasteiger partial charge in [0.05, 0.1) is 23.1 Å². The van der Waals surface area contributed by atoms with Crippen LogP contribution in [0.1, 0.15) is 44.9 Å². The predicted octanol–water partition coefficient (Wildman–Crippen LogP) is 4.89. The number of benzene rings is 3. The third kappa shape index (κ3) is 5.13. The predicted molar refractivity (Wildman–Crippen MR) is 183 cm³/mol. The first-order valence-corrected chi connectivity index (χ1v) is 17.5. The molecule has 0 spiro atoms. The van der Waals surface area contributed by atoms with Gasteiger partial charge in [0, 0.05) is 31.1 Å². The summed E-state index contributed by atoms with van der Waals surface area (Å²) in [6.07, 6.45) is 7.72. The van der Waals surface area contributed by atoms with E-state index in [-0.39, 0.29) is 35.4 Å². The summed E-state index contributed by atoms with van der Waals surface area (Å²) in [5.41, 5.74) is 2.86. The van der Waals surface area contributed by atoms with Crippen molar-refractivity contribution < 1.29 is 14.6 Å². The maximum Gasteiger partial charge on any atom is 0.319 e. The Hall–Kier alpha value is -4.15. The van der Waals surface area contributed by atoms with Crippen molar-refractivity contribution in [3.63, 3.8) is 0 Å². The van der Waals surface area contributed by atoms with E-state index in [1.807, 2.05) is 24.3 Å². The van der Waals surface area contributed by atoms with Crippen molar-refractivity contribution in [3.8, 4) is 22.9 Å². The number of carbonyl (C=O) groups is 1. The lowest BCUT2D eigenvalue weighted by Crippen LogP contribution is -2.59. The van der Waals surface area contributed by atoms with Crippen LogP contribution in [0.15, 0.2) is 54.6 Å². The second-order valence-corrected chi connectivity index (χ2v) is 14.3. The first-order valence-electron chi connectivity index (χ1n) is 17.5. The number of hydrogen-bond acceptors (Lipinski definition) is 8. The summed E-state index contributed by atoms with van der Waals surface area (Å²) in [6, 6.07) is 19.1. The second-order valence-electron chi connectivity index (χ2n) is 14.3. The van der Waals surface area contributed by atoms with Crippen LogP contribution in [0.2, 0.25) is 0 Å². The fourth-order valence-corrected chi connectivity index (χ4v) is 9.19. The summed E-state index contributed by atoms with van der Waals surface area (Å²) in [4.78, 5) is 30.6. The van der Waals surface area contributed by atoms with Gasteiger partial charge in [0.15, 0.2) is 0 Å². The smallest absolute Gasteiger partial charge is 0.319 e. The van der Waals surface area contributed by atoms with E-state index >= 15 is 0 Å². The van der Waals surface area contributed by atoms with Gasteiger partial charge in [-0.05, 0) is 111 Å². The van der Waals surface area contributed by atoms with Gasteiger partial charge >= 0.3 is 12.0 Å². The molecule has 10 nitrogen and oxygen atoms in total. The minimum Gasteiger partial charge on any atom is -0.508 e. The number of phenolic OH excluding ortho intramolecular Hbond substituents is 1. The maximum absolute atomic E-state index is 13.4. The number of nitrogens with zero attached hydrogens (tertiary/aromatic N) is 5. The Kier molecular flexibility index (Phi) is 7.12. The number of aromatic nitrogens is 2. The number of carbonyl (C=O) groups excluding carboxylic acids is 1. The number of aromatic hydroxyl groups is 1. The first-order chi connectivity index (χ1) is 23.0. The van der Waals surface area contributed by atoms with Crippen molar-refractivity contribution in [2.24, 2.45) is 0 Å². The molecule has 0 saturated carbocycles. The molecule has 3 N–H and O–H groups in total. The van der Waals surface area contributed by atoms with Gasteiger partial charge < -0.3 is 30.3 Å². The van der Waals surface area contributed by atoms with Crippen LogP contribution in [0.4, 0.5) is 10.6 Å². The molecule has 47 heavy (non-hydrogen) atoms. The third-order valence-electron chi connectivity index (χ3n) is 11.5. The fourth-order valence-electron chi connectivity index (χ4n) is 9.19. The van der Waals surface area contributed by atoms with Crippen molar-refractivity contribution in [1.82, 2.24) is 30.4 Å². The molecular weight excluding hydrogens is 590 g/mol. The SMILES string of the molecule is O=C(N[C@@H]1CCNC1)N1C2CCC1CN(c1nc(OCC34CCCN3CCC4)nc3cc(-c4cc(O)cc5ccccc45)ccc13)C2. The average molecular weight is 634 g/mol. The van der Waals surface area contributed by atoms with Crippen LogP contribution in [0.5, 0.6) is 11.8 Å². The van der Waals surface area contributed by atoms with Crippen LogP contribution in [0.3, 0.4) is 0 Å². The highest BCUT2D eigenvalue weighted by Crippen LogP contribution is 2.41. The molecule has 3 atom stereocenters. The van der Waals surface area contributed by atoms with E-state index in [1.54, 1.807) is 6.07 Å². The number of urea groups is 1. The number of rotatable bonds is 6. The molecule has 244 valence electrons. The number of ether oxygens (including phenoxy) is 1. The lowest BCUT2D eigenvalue weighted by molar-refractivity contribution is 0.108. The van der Waals surface area contributed by atoms with E-state index in [2.05, 4.69) is 49.6 Å². The Balaban J connectivity index is 1.07. The monoisotopic (exact) mass is 633 g/mol. The van der Waals surface area contributed by atoms with Crippen LogP contribution >= 0.6 is 0 Å². The quantitative estimate of drug-likeness (QED) is 0.276. The summed E-state index contributed by atoms with van der Waals surface area (Å²) >= 11 is 0. The molecule has 2 unspecified atom stereocenters. The molecule has 5 fully saturated rings. The molecule has 3 aromatic carbocycles. The highest BCUT2D eigenvalue weighted by atomic mass is 16.5. The lowest BCUT2D eigenvalue weighted by Gasteiger charge is -2.42. The van der Waals surface area contributed by atoms with E-state index in [0.717, 1.165) is 110 Å². The zero-order valence-corrected chi connectivity index (χ0v) is 26.8. The largest absolute Gasteiger partial charge is 0.508 e. The summed E-state index contributed by atoms with van der Waals surface area (Å²) in [5, 5.41) is 20.3. The third-order valence-corrected chi connectivity index (χ3v) is 11.5. The normalized spacial score (nSPS) is 25.1. The van der Waals surface area contributed by atoms with E-state index in [4.69, 9.17) is 14.7 Å². The molecule has 5 saturated heterocycles. The van der Waals surface area contributed by atoms with E-state index in [9.17, 15) is 9.90 Å². The zero-order chi connectivity index (χ0) is 31.5. The molecule has 5 aliphatic heterocycles. The van der Waals surface area contributed by atoms with Crippen LogP contribution < -0.4 is 20.3 Å². The zero-order valence-electron chi connectivity index (χ0n) is 26.8. The Morgan fingerprint density at radius 3 is 2.57 bits per heavy atom. The molecule has 1 aromatic heterocycles. The van der Waals surface area contributed by atoms with Crippen LogP contribution in [-0.2, 0) is 0 Å². The van der Waals surface area contributed by atoms with Crippen molar-refractivity contribution in [2.45, 2.75) is 68.6 Å². The Morgan fingerprint density at radius 1 is 0.979 bits per heavy atom. The average Bonchev–Trinajstić information content (AvgIpc) is 3.87. The molecule has 10 heteroatoms. The molecule has 9 rings (SSSR count). The van der Waals surface area contributed by atoms with Gasteiger partial charge in [-0.25, -0.2) is 4.79 Å². The van der Waals surface area contributed by atoms with Gasteiger partial charge in [0.1, 0.15) is 18.2 Å². The summed E-state index contributed by atoms with van der Waals surface area (Å²) in [5.74, 6) is 1.12. The lowest BCUT2D eigenvalue weighted by atomic mass is 9.95. The van der Waals surface area contributed by atoms with Gasteiger partial charge in [-0.3, -0.25) is 4.90 Å². The first kappa shape index (κ1) is 29.0. The van der Waals surface area contributed by atoms with Gasteiger partial charge in [-0.2, -0.15) is 9.97 Å². The van der Waals surface area contributed by atoms with E-state index in [1.165, 1.54) is 12.8 Å². The van der Waals surface area contributed by atoms with Crippen molar-refractivity contribution >= 4 is 33.5 Å². The molecule has 0 radical (unpaired) electrons. The highest BCUT2D eigenvalue weighted by molar-refractivity contribution is 6.01. The molecule has 4 aromatic rings. The van der Waals surface area contributed by atoms with Crippen LogP contribution in [-0.4, -0.2) is 100 Å². The van der Waals surface area contributed by atoms with Crippen LogP contribution in [0, 0.1) is 0 Å². The number of nitrogens with one attached hydrogen (secondary N) is 2. The number of piperazine rings is 1. The Morgan fingerprint density at radius 2 is 1.79 bits per heavy atom. The number of phenols is 1. The minimum atomic E-state index is 0.0716. The molecular formula is C37H43N7O3. The van der Waals surface area contributed by atoms with E-state index in [0.29, 0.717) is 12.6 Å². The maximum atomic E-state index is 13.4. The van der Waals surface area contributed by atoms with Gasteiger partial charge in [-0.1, -0.05) is 30.3 Å². The summed E-state index contributed by atoms with van der Waals surface area (Å²) in [6.45, 7) is 6.16. The molecule has 2 amide bonds. The van der Waals surface area contributed by atoms with Gasteiger partial charge in [0.25, 0.3) is 0 Å².